The van der Waals surface area contributed by atoms with Crippen LogP contribution >= 0.6 is 0 Å². The van der Waals surface area contributed by atoms with Crippen molar-refractivity contribution in [2.75, 3.05) is 5.32 Å². The van der Waals surface area contributed by atoms with Gasteiger partial charge in [-0.1, -0.05) is 17.7 Å². The first-order chi connectivity index (χ1) is 12.0. The van der Waals surface area contributed by atoms with Gasteiger partial charge in [-0.15, -0.1) is 0 Å². The SMILES string of the molecule is Cc1cc(C)c(S(=O)(=O)NC(C)C(=O)Nc2ccc(F)c(F)c2)c(C)c1. The van der Waals surface area contributed by atoms with Crippen molar-refractivity contribution in [1.82, 2.24) is 4.72 Å². The summed E-state index contributed by atoms with van der Waals surface area (Å²) in [4.78, 5) is 12.3. The Morgan fingerprint density at radius 2 is 1.58 bits per heavy atom. The lowest BCUT2D eigenvalue weighted by Crippen LogP contribution is -2.42. The molecule has 2 rings (SSSR count). The summed E-state index contributed by atoms with van der Waals surface area (Å²) in [6.07, 6.45) is 0. The number of rotatable bonds is 5. The molecular weight excluding hydrogens is 362 g/mol. The van der Waals surface area contributed by atoms with E-state index in [0.29, 0.717) is 11.1 Å². The van der Waals surface area contributed by atoms with Gasteiger partial charge in [0.05, 0.1) is 10.9 Å². The van der Waals surface area contributed by atoms with Gasteiger partial charge in [0.25, 0.3) is 0 Å². The first kappa shape index (κ1) is 20.0. The quantitative estimate of drug-likeness (QED) is 0.834. The molecule has 5 nitrogen and oxygen atoms in total. The van der Waals surface area contributed by atoms with Crippen LogP contribution < -0.4 is 10.0 Å². The van der Waals surface area contributed by atoms with Crippen molar-refractivity contribution in [3.05, 3.63) is 58.7 Å². The van der Waals surface area contributed by atoms with Crippen LogP contribution in [0.1, 0.15) is 23.6 Å². The Hall–Kier alpha value is -2.32. The Balaban J connectivity index is 2.18. The van der Waals surface area contributed by atoms with Crippen LogP contribution in [0.2, 0.25) is 0 Å². The molecule has 0 spiro atoms. The fourth-order valence-corrected chi connectivity index (χ4v) is 4.42. The van der Waals surface area contributed by atoms with Crippen LogP contribution in [-0.2, 0) is 14.8 Å². The minimum atomic E-state index is -3.93. The Labute approximate surface area is 151 Å². The van der Waals surface area contributed by atoms with Crippen molar-refractivity contribution < 1.29 is 22.0 Å². The lowest BCUT2D eigenvalue weighted by atomic mass is 10.1. The molecule has 26 heavy (non-hydrogen) atoms. The van der Waals surface area contributed by atoms with E-state index < -0.39 is 33.6 Å². The molecule has 2 aromatic carbocycles. The highest BCUT2D eigenvalue weighted by atomic mass is 32.2. The number of hydrogen-bond acceptors (Lipinski definition) is 3. The molecule has 0 bridgehead atoms. The molecule has 2 aromatic rings. The van der Waals surface area contributed by atoms with Gasteiger partial charge in [0.15, 0.2) is 11.6 Å². The third-order valence-electron chi connectivity index (χ3n) is 3.79. The van der Waals surface area contributed by atoms with Crippen molar-refractivity contribution in [3.8, 4) is 0 Å². The summed E-state index contributed by atoms with van der Waals surface area (Å²) in [5.74, 6) is -2.84. The number of hydrogen-bond donors (Lipinski definition) is 2. The predicted octanol–water partition coefficient (Wildman–Crippen LogP) is 3.20. The summed E-state index contributed by atoms with van der Waals surface area (Å²) in [5.41, 5.74) is 2.11. The first-order valence-electron chi connectivity index (χ1n) is 7.87. The highest BCUT2D eigenvalue weighted by Gasteiger charge is 2.25. The zero-order chi connectivity index (χ0) is 19.6. The lowest BCUT2D eigenvalue weighted by molar-refractivity contribution is -0.117. The molecule has 0 saturated carbocycles. The van der Waals surface area contributed by atoms with Gasteiger partial charge in [-0.3, -0.25) is 4.79 Å². The van der Waals surface area contributed by atoms with Gasteiger partial charge in [0, 0.05) is 11.8 Å². The van der Waals surface area contributed by atoms with Gasteiger partial charge in [-0.2, -0.15) is 4.72 Å². The fraction of sp³-hybridized carbons (Fsp3) is 0.278. The molecule has 0 aliphatic rings. The Morgan fingerprint density at radius 1 is 1.00 bits per heavy atom. The van der Waals surface area contributed by atoms with Gasteiger partial charge in [0.2, 0.25) is 15.9 Å². The van der Waals surface area contributed by atoms with Crippen LogP contribution in [0.5, 0.6) is 0 Å². The number of halogens is 2. The van der Waals surface area contributed by atoms with E-state index in [1.807, 2.05) is 6.92 Å². The van der Waals surface area contributed by atoms with Crippen molar-refractivity contribution >= 4 is 21.6 Å². The number of benzene rings is 2. The number of amides is 1. The molecule has 0 aromatic heterocycles. The number of sulfonamides is 1. The van der Waals surface area contributed by atoms with Gasteiger partial charge in [0.1, 0.15) is 0 Å². The smallest absolute Gasteiger partial charge is 0.242 e. The Morgan fingerprint density at radius 3 is 2.12 bits per heavy atom. The van der Waals surface area contributed by atoms with E-state index in [2.05, 4.69) is 10.0 Å². The predicted molar refractivity (Wildman–Crippen MR) is 95.4 cm³/mol. The van der Waals surface area contributed by atoms with E-state index in [0.717, 1.165) is 17.7 Å². The summed E-state index contributed by atoms with van der Waals surface area (Å²) in [5, 5.41) is 2.35. The number of nitrogens with one attached hydrogen (secondary N) is 2. The second-order valence-electron chi connectivity index (χ2n) is 6.19. The van der Waals surface area contributed by atoms with E-state index in [9.17, 15) is 22.0 Å². The molecule has 1 amide bonds. The van der Waals surface area contributed by atoms with Crippen molar-refractivity contribution in [3.63, 3.8) is 0 Å². The van der Waals surface area contributed by atoms with Gasteiger partial charge in [-0.05, 0) is 51.0 Å². The van der Waals surface area contributed by atoms with E-state index in [1.54, 1.807) is 26.0 Å². The van der Waals surface area contributed by atoms with Crippen LogP contribution in [0.3, 0.4) is 0 Å². The van der Waals surface area contributed by atoms with Crippen LogP contribution in [0.4, 0.5) is 14.5 Å². The maximum atomic E-state index is 13.2. The van der Waals surface area contributed by atoms with Crippen molar-refractivity contribution in [2.45, 2.75) is 38.6 Å². The molecule has 0 aliphatic carbocycles. The van der Waals surface area contributed by atoms with Gasteiger partial charge < -0.3 is 5.32 Å². The third-order valence-corrected chi connectivity index (χ3v) is 5.63. The van der Waals surface area contributed by atoms with E-state index in [-0.39, 0.29) is 10.6 Å². The fourth-order valence-electron chi connectivity index (χ4n) is 2.76. The molecule has 8 heteroatoms. The minimum absolute atomic E-state index is 0.0302. The average Bonchev–Trinajstić information content (AvgIpc) is 2.48. The maximum Gasteiger partial charge on any atom is 0.242 e. The Bertz CT molecular complexity index is 936. The van der Waals surface area contributed by atoms with Gasteiger partial charge in [-0.25, -0.2) is 17.2 Å². The van der Waals surface area contributed by atoms with E-state index in [1.165, 1.54) is 13.0 Å². The summed E-state index contributed by atoms with van der Waals surface area (Å²) in [6.45, 7) is 6.59. The summed E-state index contributed by atoms with van der Waals surface area (Å²) in [7, 11) is -3.93. The number of carbonyl (C=O) groups excluding carboxylic acids is 1. The van der Waals surface area contributed by atoms with Crippen molar-refractivity contribution in [1.29, 1.82) is 0 Å². The second kappa shape index (κ2) is 7.51. The molecule has 0 heterocycles. The third kappa shape index (κ3) is 4.44. The van der Waals surface area contributed by atoms with Crippen LogP contribution in [0, 0.1) is 32.4 Å². The van der Waals surface area contributed by atoms with Crippen molar-refractivity contribution in [2.24, 2.45) is 0 Å². The van der Waals surface area contributed by atoms with Crippen LogP contribution in [-0.4, -0.2) is 20.4 Å². The van der Waals surface area contributed by atoms with E-state index in [4.69, 9.17) is 0 Å². The zero-order valence-corrected chi connectivity index (χ0v) is 15.7. The first-order valence-corrected chi connectivity index (χ1v) is 9.35. The van der Waals surface area contributed by atoms with Crippen LogP contribution in [0.25, 0.3) is 0 Å². The molecule has 0 aliphatic heterocycles. The number of aryl methyl sites for hydroxylation is 3. The van der Waals surface area contributed by atoms with Gasteiger partial charge >= 0.3 is 0 Å². The highest BCUT2D eigenvalue weighted by molar-refractivity contribution is 7.89. The molecule has 2 N–H and O–H groups in total. The minimum Gasteiger partial charge on any atom is -0.325 e. The summed E-state index contributed by atoms with van der Waals surface area (Å²) in [6, 6.07) is 5.25. The molecule has 0 radical (unpaired) electrons. The molecule has 0 fully saturated rings. The topological polar surface area (TPSA) is 75.3 Å². The molecule has 140 valence electrons. The summed E-state index contributed by atoms with van der Waals surface area (Å²) >= 11 is 0. The highest BCUT2D eigenvalue weighted by Crippen LogP contribution is 2.22. The monoisotopic (exact) mass is 382 g/mol. The van der Waals surface area contributed by atoms with E-state index >= 15 is 0 Å². The standard InChI is InChI=1S/C18H20F2N2O3S/c1-10-7-11(2)17(12(3)8-10)26(24,25)22-13(4)18(23)21-14-5-6-15(19)16(20)9-14/h5-9,13,22H,1-4H3,(H,21,23). The Kier molecular flexibility index (Phi) is 5.77. The lowest BCUT2D eigenvalue weighted by Gasteiger charge is -2.17. The molecule has 1 unspecified atom stereocenters. The number of anilines is 1. The average molecular weight is 382 g/mol. The normalized spacial score (nSPS) is 12.7. The summed E-state index contributed by atoms with van der Waals surface area (Å²) < 4.78 is 53.7. The number of carbonyl (C=O) groups is 1. The molecule has 0 saturated heterocycles. The second-order valence-corrected chi connectivity index (χ2v) is 7.84. The zero-order valence-electron chi connectivity index (χ0n) is 14.9. The maximum absolute atomic E-state index is 13.2. The van der Waals surface area contributed by atoms with Crippen LogP contribution in [0.15, 0.2) is 35.2 Å². The molecule has 1 atom stereocenters. The molecular formula is C18H20F2N2O3S. The largest absolute Gasteiger partial charge is 0.325 e.